The molecular weight excluding hydrogens is 857 g/mol. The highest BCUT2D eigenvalue weighted by molar-refractivity contribution is 6.27. The number of carbonyl (C=O) groups is 2. The zero-order valence-corrected chi connectivity index (χ0v) is 42.1. The molecule has 9 aromatic carbocycles. The molecule has 0 saturated carbocycles. The number of hydrogen-bond donors (Lipinski definition) is 0. The van der Waals surface area contributed by atoms with E-state index >= 15 is 0 Å². The number of carbonyl (C=O) groups excluding carboxylic acids is 2. The first kappa shape index (κ1) is 46.4. The van der Waals surface area contributed by atoms with Crippen LogP contribution in [0, 0.1) is 11.8 Å². The van der Waals surface area contributed by atoms with Gasteiger partial charge in [0, 0.05) is 24.0 Å². The maximum Gasteiger partial charge on any atom is 0.309 e. The molecule has 2 aliphatic carbocycles. The normalized spacial score (nSPS) is 16.2. The quantitative estimate of drug-likeness (QED) is 0.0434. The van der Waals surface area contributed by atoms with E-state index in [-0.39, 0.29) is 23.8 Å². The Morgan fingerprint density at radius 2 is 0.800 bits per heavy atom. The van der Waals surface area contributed by atoms with Crippen LogP contribution in [0.25, 0.3) is 86.9 Å². The van der Waals surface area contributed by atoms with Gasteiger partial charge in [-0.15, -0.1) is 0 Å². The summed E-state index contributed by atoms with van der Waals surface area (Å²) in [7, 11) is 0. The molecule has 0 amide bonds. The number of fused-ring (bicyclic) bond motifs is 8. The Bertz CT molecular complexity index is 3100. The minimum atomic E-state index is -0.426. The van der Waals surface area contributed by atoms with Crippen molar-refractivity contribution in [3.63, 3.8) is 0 Å². The highest BCUT2D eigenvalue weighted by Gasteiger charge is 2.37. The van der Waals surface area contributed by atoms with E-state index in [1.165, 1.54) is 124 Å². The molecule has 2 aliphatic rings. The third-order valence-corrected chi connectivity index (χ3v) is 16.5. The Morgan fingerprint density at radius 3 is 1.20 bits per heavy atom. The van der Waals surface area contributed by atoms with E-state index in [4.69, 9.17) is 9.47 Å². The van der Waals surface area contributed by atoms with Crippen LogP contribution >= 0.6 is 0 Å². The average molecular weight is 927 g/mol. The second-order valence-corrected chi connectivity index (χ2v) is 21.2. The predicted molar refractivity (Wildman–Crippen MR) is 293 cm³/mol. The van der Waals surface area contributed by atoms with E-state index in [1.807, 2.05) is 0 Å². The zero-order valence-electron chi connectivity index (χ0n) is 42.1. The van der Waals surface area contributed by atoms with Crippen molar-refractivity contribution in [1.82, 2.24) is 0 Å². The highest BCUT2D eigenvalue weighted by Crippen LogP contribution is 2.54. The van der Waals surface area contributed by atoms with E-state index < -0.39 is 12.2 Å². The van der Waals surface area contributed by atoms with Gasteiger partial charge in [-0.3, -0.25) is 9.59 Å². The third kappa shape index (κ3) is 8.37. The number of benzene rings is 9. The van der Waals surface area contributed by atoms with Crippen molar-refractivity contribution in [3.8, 4) is 22.3 Å². The molecule has 0 fully saturated rings. The van der Waals surface area contributed by atoms with Crippen LogP contribution in [0.2, 0.25) is 0 Å². The Balaban J connectivity index is 1.09. The lowest BCUT2D eigenvalue weighted by Crippen LogP contribution is -2.25. The number of esters is 2. The van der Waals surface area contributed by atoms with Crippen LogP contribution in [0.5, 0.6) is 0 Å². The van der Waals surface area contributed by atoms with Crippen LogP contribution in [0.4, 0.5) is 0 Å². The van der Waals surface area contributed by atoms with Gasteiger partial charge in [0.25, 0.3) is 0 Å². The van der Waals surface area contributed by atoms with Crippen LogP contribution in [-0.4, -0.2) is 11.9 Å². The summed E-state index contributed by atoms with van der Waals surface area (Å²) < 4.78 is 13.9. The van der Waals surface area contributed by atoms with Crippen molar-refractivity contribution in [3.05, 3.63) is 131 Å². The molecule has 0 aliphatic heterocycles. The van der Waals surface area contributed by atoms with Gasteiger partial charge in [-0.25, -0.2) is 0 Å². The molecule has 9 aromatic rings. The Labute approximate surface area is 414 Å². The van der Waals surface area contributed by atoms with Crippen molar-refractivity contribution in [2.45, 2.75) is 155 Å². The molecule has 0 bridgehead atoms. The minimum absolute atomic E-state index is 0.0475. The van der Waals surface area contributed by atoms with Gasteiger partial charge in [0.05, 0.1) is 11.8 Å². The van der Waals surface area contributed by atoms with E-state index in [0.29, 0.717) is 12.8 Å². The van der Waals surface area contributed by atoms with Gasteiger partial charge in [0.15, 0.2) is 0 Å². The lowest BCUT2D eigenvalue weighted by atomic mass is 9.73. The molecule has 70 heavy (non-hydrogen) atoms. The fraction of sp³-hybridized carbons (Fsp3) is 0.394. The second kappa shape index (κ2) is 20.0. The first-order chi connectivity index (χ1) is 34.4. The number of rotatable bonds is 20. The van der Waals surface area contributed by atoms with Crippen molar-refractivity contribution in [2.24, 2.45) is 11.8 Å². The smallest absolute Gasteiger partial charge is 0.309 e. The van der Waals surface area contributed by atoms with Gasteiger partial charge < -0.3 is 9.47 Å². The molecule has 0 radical (unpaired) electrons. The van der Waals surface area contributed by atoms with Crippen LogP contribution in [0.3, 0.4) is 0 Å². The average Bonchev–Trinajstić information content (AvgIpc) is 3.38. The maximum atomic E-state index is 14.7. The van der Waals surface area contributed by atoms with Crippen LogP contribution < -0.4 is 0 Å². The molecule has 0 saturated heterocycles. The minimum Gasteiger partial charge on any atom is -0.457 e. The molecule has 0 aromatic heterocycles. The van der Waals surface area contributed by atoms with Gasteiger partial charge >= 0.3 is 11.9 Å². The van der Waals surface area contributed by atoms with Crippen molar-refractivity contribution < 1.29 is 19.1 Å². The molecule has 0 N–H and O–H groups in total. The topological polar surface area (TPSA) is 52.6 Å². The maximum absolute atomic E-state index is 14.7. The lowest BCUT2D eigenvalue weighted by molar-refractivity contribution is -0.156. The number of ether oxygens (including phenoxy) is 2. The molecule has 0 spiro atoms. The van der Waals surface area contributed by atoms with E-state index in [1.54, 1.807) is 0 Å². The Hall–Kier alpha value is -6.00. The SMILES string of the molecule is CCCCCCC(CCCC)C(=O)OC1Cc2cc3c(cc2-c2c1cc1ccc4cccc5ccc2c1c45)CC(OC(=O)C(CCCC)CCCCCC)c1cc2ccc4cccc5ccc(c1-3)c2c45. The van der Waals surface area contributed by atoms with E-state index in [9.17, 15) is 9.59 Å². The highest BCUT2D eigenvalue weighted by atomic mass is 16.5. The molecule has 4 unspecified atom stereocenters. The van der Waals surface area contributed by atoms with Gasteiger partial charge in [-0.2, -0.15) is 0 Å². The summed E-state index contributed by atoms with van der Waals surface area (Å²) in [5, 5.41) is 14.8. The molecular formula is C66H70O4. The summed E-state index contributed by atoms with van der Waals surface area (Å²) in [6.07, 6.45) is 17.2. The Morgan fingerprint density at radius 1 is 0.429 bits per heavy atom. The number of hydrogen-bond acceptors (Lipinski definition) is 4. The standard InChI is InChI=1S/C66H70O4/c1-5-9-13-15-21-45(19-11-7-3)65(67)69-57-39-49-37-54-50(38-53(49)63-51-33-31-43-25-17-23-41-27-29-47(35-55(57)63)61(51)59(41)43)40-58(70-66(68)46(20-12-8-4)22-16-14-10-6-2)56-36-48-30-28-42-24-18-26-44-32-34-52(64(54)56)62(48)60(42)44/h17-18,23-38,45-46,57-58H,5-16,19-22,39-40H2,1-4H3. The van der Waals surface area contributed by atoms with Crippen LogP contribution in [0.15, 0.2) is 109 Å². The lowest BCUT2D eigenvalue weighted by Gasteiger charge is -2.35. The molecule has 11 rings (SSSR count). The largest absolute Gasteiger partial charge is 0.457 e. The van der Waals surface area contributed by atoms with Gasteiger partial charge in [-0.05, 0) is 136 Å². The molecule has 4 heteroatoms. The zero-order chi connectivity index (χ0) is 47.9. The molecule has 4 atom stereocenters. The summed E-state index contributed by atoms with van der Waals surface area (Å²) in [6.45, 7) is 8.92. The molecule has 0 heterocycles. The van der Waals surface area contributed by atoms with Crippen molar-refractivity contribution in [2.75, 3.05) is 0 Å². The predicted octanol–water partition coefficient (Wildman–Crippen LogP) is 18.6. The van der Waals surface area contributed by atoms with E-state index in [0.717, 1.165) is 88.2 Å². The van der Waals surface area contributed by atoms with Gasteiger partial charge in [0.2, 0.25) is 0 Å². The van der Waals surface area contributed by atoms with Gasteiger partial charge in [-0.1, -0.05) is 202 Å². The summed E-state index contributed by atoms with van der Waals surface area (Å²) >= 11 is 0. The fourth-order valence-electron chi connectivity index (χ4n) is 12.9. The van der Waals surface area contributed by atoms with Crippen molar-refractivity contribution in [1.29, 1.82) is 0 Å². The summed E-state index contributed by atoms with van der Waals surface area (Å²) in [5.74, 6) is -0.303. The first-order valence-electron chi connectivity index (χ1n) is 27.4. The Kier molecular flexibility index (Phi) is 13.3. The number of unbranched alkanes of at least 4 members (excludes halogenated alkanes) is 8. The summed E-state index contributed by atoms with van der Waals surface area (Å²) in [5.41, 5.74) is 9.32. The molecule has 4 nitrogen and oxygen atoms in total. The molecule has 358 valence electrons. The van der Waals surface area contributed by atoms with Crippen LogP contribution in [-0.2, 0) is 31.9 Å². The first-order valence-corrected chi connectivity index (χ1v) is 27.4. The monoisotopic (exact) mass is 927 g/mol. The van der Waals surface area contributed by atoms with E-state index in [2.05, 4.69) is 137 Å². The van der Waals surface area contributed by atoms with Crippen molar-refractivity contribution >= 4 is 76.6 Å². The van der Waals surface area contributed by atoms with Crippen LogP contribution in [0.1, 0.15) is 165 Å². The summed E-state index contributed by atoms with van der Waals surface area (Å²) in [6, 6.07) is 41.0. The second-order valence-electron chi connectivity index (χ2n) is 21.2. The van der Waals surface area contributed by atoms with Gasteiger partial charge in [0.1, 0.15) is 12.2 Å². The fourth-order valence-corrected chi connectivity index (χ4v) is 12.9. The summed E-state index contributed by atoms with van der Waals surface area (Å²) in [4.78, 5) is 29.3. The third-order valence-electron chi connectivity index (χ3n) is 16.5.